The lowest BCUT2D eigenvalue weighted by Gasteiger charge is -2.17. The Balaban J connectivity index is 2.39. The molecular formula is C19H29N3O4. The number of esters is 1. The Morgan fingerprint density at radius 1 is 1.00 bits per heavy atom. The summed E-state index contributed by atoms with van der Waals surface area (Å²) in [5.41, 5.74) is 0.845. The van der Waals surface area contributed by atoms with Gasteiger partial charge in [-0.25, -0.2) is 4.79 Å². The largest absolute Gasteiger partial charge is 0.462 e. The third-order valence-corrected chi connectivity index (χ3v) is 3.85. The van der Waals surface area contributed by atoms with Gasteiger partial charge in [0, 0.05) is 12.2 Å². The maximum Gasteiger partial charge on any atom is 0.338 e. The number of anilines is 1. The van der Waals surface area contributed by atoms with Crippen molar-refractivity contribution in [1.29, 1.82) is 0 Å². The number of hydrogen-bond acceptors (Lipinski definition) is 5. The van der Waals surface area contributed by atoms with Crippen LogP contribution >= 0.6 is 0 Å². The molecule has 0 atom stereocenters. The minimum absolute atomic E-state index is 0.367. The molecule has 2 amide bonds. The highest BCUT2D eigenvalue weighted by Gasteiger charge is 2.14. The van der Waals surface area contributed by atoms with Crippen LogP contribution in [0.2, 0.25) is 0 Å². The van der Waals surface area contributed by atoms with Gasteiger partial charge in [-0.1, -0.05) is 20.8 Å². The van der Waals surface area contributed by atoms with Gasteiger partial charge in [0.05, 0.1) is 12.2 Å². The van der Waals surface area contributed by atoms with Crippen LogP contribution in [-0.2, 0) is 14.3 Å². The van der Waals surface area contributed by atoms with E-state index in [0.717, 1.165) is 32.5 Å². The van der Waals surface area contributed by atoms with Gasteiger partial charge in [0.25, 0.3) is 0 Å². The SMILES string of the molecule is CCCOC(=O)c1ccc(NC(=O)C(=O)NCCCN(CC)CC)cc1. The number of amides is 2. The smallest absolute Gasteiger partial charge is 0.338 e. The molecule has 0 bridgehead atoms. The zero-order valence-corrected chi connectivity index (χ0v) is 15.8. The molecule has 144 valence electrons. The van der Waals surface area contributed by atoms with Crippen LogP contribution in [-0.4, -0.2) is 55.5 Å². The van der Waals surface area contributed by atoms with Crippen molar-refractivity contribution in [3.8, 4) is 0 Å². The van der Waals surface area contributed by atoms with E-state index in [9.17, 15) is 14.4 Å². The van der Waals surface area contributed by atoms with E-state index in [2.05, 4.69) is 29.4 Å². The average molecular weight is 363 g/mol. The summed E-state index contributed by atoms with van der Waals surface area (Å²) < 4.78 is 5.03. The lowest BCUT2D eigenvalue weighted by molar-refractivity contribution is -0.136. The van der Waals surface area contributed by atoms with E-state index in [1.165, 1.54) is 0 Å². The van der Waals surface area contributed by atoms with Gasteiger partial charge in [-0.3, -0.25) is 9.59 Å². The lowest BCUT2D eigenvalue weighted by Crippen LogP contribution is -2.37. The summed E-state index contributed by atoms with van der Waals surface area (Å²) >= 11 is 0. The zero-order valence-electron chi connectivity index (χ0n) is 15.8. The Labute approximate surface area is 155 Å². The lowest BCUT2D eigenvalue weighted by atomic mass is 10.2. The third kappa shape index (κ3) is 7.65. The summed E-state index contributed by atoms with van der Waals surface area (Å²) in [4.78, 5) is 37.7. The van der Waals surface area contributed by atoms with Crippen LogP contribution in [0, 0.1) is 0 Å². The first-order valence-corrected chi connectivity index (χ1v) is 9.10. The Kier molecular flexibility index (Phi) is 10.0. The molecule has 0 aliphatic carbocycles. The molecule has 0 unspecified atom stereocenters. The fourth-order valence-corrected chi connectivity index (χ4v) is 2.28. The predicted octanol–water partition coefficient (Wildman–Crippen LogP) is 2.04. The summed E-state index contributed by atoms with van der Waals surface area (Å²) in [6.45, 7) is 9.72. The zero-order chi connectivity index (χ0) is 19.4. The molecule has 26 heavy (non-hydrogen) atoms. The number of carbonyl (C=O) groups excluding carboxylic acids is 3. The quantitative estimate of drug-likeness (QED) is 0.377. The Bertz CT molecular complexity index is 583. The topological polar surface area (TPSA) is 87.7 Å². The number of ether oxygens (including phenoxy) is 1. The summed E-state index contributed by atoms with van der Waals surface area (Å²) in [6.07, 6.45) is 1.54. The van der Waals surface area contributed by atoms with Crippen molar-refractivity contribution >= 4 is 23.5 Å². The van der Waals surface area contributed by atoms with Gasteiger partial charge >= 0.3 is 17.8 Å². The molecule has 1 aromatic rings. The van der Waals surface area contributed by atoms with Crippen molar-refractivity contribution in [1.82, 2.24) is 10.2 Å². The molecule has 2 N–H and O–H groups in total. The molecule has 1 rings (SSSR count). The first-order valence-electron chi connectivity index (χ1n) is 9.10. The first kappa shape index (κ1) is 21.6. The summed E-state index contributed by atoms with van der Waals surface area (Å²) in [5, 5.41) is 5.12. The number of nitrogens with one attached hydrogen (secondary N) is 2. The van der Waals surface area contributed by atoms with Gasteiger partial charge in [-0.05, 0) is 56.7 Å². The molecule has 1 aromatic carbocycles. The fraction of sp³-hybridized carbons (Fsp3) is 0.526. The second-order valence-electron chi connectivity index (χ2n) is 5.80. The van der Waals surface area contributed by atoms with Gasteiger partial charge in [-0.15, -0.1) is 0 Å². The number of hydrogen-bond donors (Lipinski definition) is 2. The molecule has 0 saturated carbocycles. The van der Waals surface area contributed by atoms with Crippen molar-refractivity contribution in [2.24, 2.45) is 0 Å². The third-order valence-electron chi connectivity index (χ3n) is 3.85. The molecule has 0 aliphatic heterocycles. The predicted molar refractivity (Wildman–Crippen MR) is 101 cm³/mol. The minimum atomic E-state index is -0.728. The maximum atomic E-state index is 11.9. The molecule has 0 radical (unpaired) electrons. The molecule has 7 nitrogen and oxygen atoms in total. The van der Waals surface area contributed by atoms with Crippen LogP contribution in [0.3, 0.4) is 0 Å². The van der Waals surface area contributed by atoms with Gasteiger partial charge in [0.1, 0.15) is 0 Å². The van der Waals surface area contributed by atoms with E-state index in [1.54, 1.807) is 24.3 Å². The van der Waals surface area contributed by atoms with E-state index in [1.807, 2.05) is 6.92 Å². The highest BCUT2D eigenvalue weighted by atomic mass is 16.5. The molecule has 7 heteroatoms. The van der Waals surface area contributed by atoms with Crippen molar-refractivity contribution in [3.05, 3.63) is 29.8 Å². The molecule has 0 saturated heterocycles. The standard InChI is InChI=1S/C19H29N3O4/c1-4-14-26-19(25)15-8-10-16(11-9-15)21-18(24)17(23)20-12-7-13-22(5-2)6-3/h8-11H,4-7,12-14H2,1-3H3,(H,20,23)(H,21,24). The molecule has 0 heterocycles. The monoisotopic (exact) mass is 363 g/mol. The van der Waals surface area contributed by atoms with E-state index in [-0.39, 0.29) is 0 Å². The molecule has 0 fully saturated rings. The van der Waals surface area contributed by atoms with Crippen LogP contribution in [0.15, 0.2) is 24.3 Å². The normalized spacial score (nSPS) is 10.5. The van der Waals surface area contributed by atoms with E-state index in [4.69, 9.17) is 4.74 Å². The van der Waals surface area contributed by atoms with Gasteiger partial charge in [0.2, 0.25) is 0 Å². The van der Waals surface area contributed by atoms with Gasteiger partial charge < -0.3 is 20.3 Å². The van der Waals surface area contributed by atoms with Crippen LogP contribution in [0.25, 0.3) is 0 Å². The average Bonchev–Trinajstić information content (AvgIpc) is 2.66. The Hall–Kier alpha value is -2.41. The Morgan fingerprint density at radius 2 is 1.65 bits per heavy atom. The fourth-order valence-electron chi connectivity index (χ4n) is 2.28. The van der Waals surface area contributed by atoms with Gasteiger partial charge in [0.15, 0.2) is 0 Å². The van der Waals surface area contributed by atoms with E-state index < -0.39 is 17.8 Å². The van der Waals surface area contributed by atoms with E-state index >= 15 is 0 Å². The van der Waals surface area contributed by atoms with E-state index in [0.29, 0.717) is 24.4 Å². The Morgan fingerprint density at radius 3 is 2.23 bits per heavy atom. The highest BCUT2D eigenvalue weighted by molar-refractivity contribution is 6.39. The van der Waals surface area contributed by atoms with Crippen molar-refractivity contribution in [3.63, 3.8) is 0 Å². The first-order chi connectivity index (χ1) is 12.5. The van der Waals surface area contributed by atoms with Gasteiger partial charge in [-0.2, -0.15) is 0 Å². The number of rotatable bonds is 10. The second kappa shape index (κ2) is 12.0. The molecule has 0 aromatic heterocycles. The number of benzene rings is 1. The van der Waals surface area contributed by atoms with Crippen LogP contribution in [0.1, 0.15) is 44.0 Å². The minimum Gasteiger partial charge on any atom is -0.462 e. The maximum absolute atomic E-state index is 11.9. The van der Waals surface area contributed by atoms with Crippen LogP contribution < -0.4 is 10.6 Å². The molecular weight excluding hydrogens is 334 g/mol. The van der Waals surface area contributed by atoms with Crippen molar-refractivity contribution in [2.75, 3.05) is 38.1 Å². The second-order valence-corrected chi connectivity index (χ2v) is 5.80. The highest BCUT2D eigenvalue weighted by Crippen LogP contribution is 2.10. The number of nitrogens with zero attached hydrogens (tertiary/aromatic N) is 1. The van der Waals surface area contributed by atoms with Crippen molar-refractivity contribution in [2.45, 2.75) is 33.6 Å². The molecule has 0 aliphatic rings. The van der Waals surface area contributed by atoms with Crippen molar-refractivity contribution < 1.29 is 19.1 Å². The van der Waals surface area contributed by atoms with Crippen LogP contribution in [0.5, 0.6) is 0 Å². The molecule has 0 spiro atoms. The summed E-state index contributed by atoms with van der Waals surface area (Å²) in [6, 6.07) is 6.23. The summed E-state index contributed by atoms with van der Waals surface area (Å²) in [5.74, 6) is -1.80. The van der Waals surface area contributed by atoms with Crippen LogP contribution in [0.4, 0.5) is 5.69 Å². The number of carbonyl (C=O) groups is 3. The summed E-state index contributed by atoms with van der Waals surface area (Å²) in [7, 11) is 0.